The Hall–Kier alpha value is -2.16. The average Bonchev–Trinajstić information content (AvgIpc) is 3.30. The molecule has 2 fully saturated rings. The minimum atomic E-state index is -0.796. The molecular formula is C18H30N4O5. The topological polar surface area (TPSA) is 119 Å². The Labute approximate surface area is 159 Å². The average molecular weight is 382 g/mol. The molecule has 0 aromatic carbocycles. The number of carbonyl (C=O) groups excluding carboxylic acids is 4. The van der Waals surface area contributed by atoms with E-state index in [1.165, 1.54) is 4.90 Å². The summed E-state index contributed by atoms with van der Waals surface area (Å²) < 4.78 is 0. The highest BCUT2D eigenvalue weighted by Gasteiger charge is 2.44. The van der Waals surface area contributed by atoms with E-state index in [1.54, 1.807) is 11.8 Å². The third-order valence-electron chi connectivity index (χ3n) is 5.04. The van der Waals surface area contributed by atoms with Crippen molar-refractivity contribution in [2.45, 2.75) is 64.1 Å². The Morgan fingerprint density at radius 2 is 1.81 bits per heavy atom. The molecule has 152 valence electrons. The second-order valence-corrected chi connectivity index (χ2v) is 7.07. The van der Waals surface area contributed by atoms with E-state index in [0.717, 1.165) is 12.8 Å². The van der Waals surface area contributed by atoms with Gasteiger partial charge in [0.15, 0.2) is 5.78 Å². The van der Waals surface area contributed by atoms with Gasteiger partial charge in [0.25, 0.3) is 0 Å². The number of nitrogens with one attached hydrogen (secondary N) is 2. The van der Waals surface area contributed by atoms with Gasteiger partial charge in [0.05, 0.1) is 24.7 Å². The quantitative estimate of drug-likeness (QED) is 0.555. The number of hydrogen-bond acceptors (Lipinski definition) is 5. The van der Waals surface area contributed by atoms with Gasteiger partial charge in [-0.3, -0.25) is 14.4 Å². The lowest BCUT2D eigenvalue weighted by Gasteiger charge is -2.29. The molecule has 0 radical (unpaired) electrons. The second-order valence-electron chi connectivity index (χ2n) is 7.07. The fourth-order valence-electron chi connectivity index (χ4n) is 3.68. The number of carbonyl (C=O) groups is 4. The largest absolute Gasteiger partial charge is 0.391 e. The van der Waals surface area contributed by atoms with Crippen LogP contribution in [0.5, 0.6) is 0 Å². The summed E-state index contributed by atoms with van der Waals surface area (Å²) in [6.07, 6.45) is 1.80. The van der Waals surface area contributed by atoms with E-state index in [1.807, 2.05) is 6.92 Å². The first kappa shape index (κ1) is 21.1. The number of rotatable bonds is 7. The zero-order valence-electron chi connectivity index (χ0n) is 16.1. The molecule has 0 saturated carbocycles. The molecule has 1 unspecified atom stereocenters. The first-order valence-electron chi connectivity index (χ1n) is 9.71. The van der Waals surface area contributed by atoms with Crippen LogP contribution in [0.3, 0.4) is 0 Å². The number of aliphatic hydroxyl groups is 1. The first-order chi connectivity index (χ1) is 12.9. The maximum atomic E-state index is 13.0. The lowest BCUT2D eigenvalue weighted by Crippen LogP contribution is -2.53. The van der Waals surface area contributed by atoms with Crippen LogP contribution in [0.15, 0.2) is 0 Å². The number of urea groups is 1. The summed E-state index contributed by atoms with van der Waals surface area (Å²) in [6, 6.07) is -1.88. The lowest BCUT2D eigenvalue weighted by atomic mass is 10.00. The number of aliphatic hydroxyl groups excluding tert-OH is 1. The zero-order valence-corrected chi connectivity index (χ0v) is 16.1. The molecule has 0 aromatic heterocycles. The summed E-state index contributed by atoms with van der Waals surface area (Å²) in [6.45, 7) is 4.61. The molecule has 2 rings (SSSR count). The molecule has 9 nitrogen and oxygen atoms in total. The highest BCUT2D eigenvalue weighted by molar-refractivity contribution is 5.96. The molecule has 2 heterocycles. The van der Waals surface area contributed by atoms with Crippen molar-refractivity contribution in [2.24, 2.45) is 0 Å². The van der Waals surface area contributed by atoms with Crippen molar-refractivity contribution < 1.29 is 24.3 Å². The maximum absolute atomic E-state index is 13.0. The second kappa shape index (κ2) is 9.68. The summed E-state index contributed by atoms with van der Waals surface area (Å²) >= 11 is 0. The molecule has 27 heavy (non-hydrogen) atoms. The standard InChI is InChI=1S/C18H30N4O5/c1-3-7-19-15(24)10-20-18(27)22-11-12(23)9-14(22)17(26)13-6-5-8-21(13)16(25)4-2/h12-14,23H,3-11H2,1-2H3,(H,19,24)(H,20,27)/t12-,13-,14?/m0/s1. The lowest BCUT2D eigenvalue weighted by molar-refractivity contribution is -0.138. The normalized spacial score (nSPS) is 24.8. The van der Waals surface area contributed by atoms with E-state index < -0.39 is 24.2 Å². The highest BCUT2D eigenvalue weighted by atomic mass is 16.3. The number of amides is 4. The minimum Gasteiger partial charge on any atom is -0.391 e. The molecule has 2 aliphatic rings. The van der Waals surface area contributed by atoms with Gasteiger partial charge in [-0.1, -0.05) is 13.8 Å². The minimum absolute atomic E-state index is 0.0350. The number of hydrogen-bond donors (Lipinski definition) is 3. The monoisotopic (exact) mass is 382 g/mol. The zero-order chi connectivity index (χ0) is 20.0. The molecule has 2 saturated heterocycles. The van der Waals surface area contributed by atoms with Gasteiger partial charge in [0, 0.05) is 32.5 Å². The van der Waals surface area contributed by atoms with Gasteiger partial charge in [-0.05, 0) is 19.3 Å². The van der Waals surface area contributed by atoms with Crippen LogP contribution >= 0.6 is 0 Å². The number of nitrogens with zero attached hydrogens (tertiary/aromatic N) is 2. The van der Waals surface area contributed by atoms with Gasteiger partial charge in [-0.25, -0.2) is 4.79 Å². The van der Waals surface area contributed by atoms with Crippen LogP contribution in [0, 0.1) is 0 Å². The van der Waals surface area contributed by atoms with Crippen molar-refractivity contribution in [1.82, 2.24) is 20.4 Å². The van der Waals surface area contributed by atoms with Crippen molar-refractivity contribution in [2.75, 3.05) is 26.2 Å². The van der Waals surface area contributed by atoms with Crippen LogP contribution in [0.2, 0.25) is 0 Å². The van der Waals surface area contributed by atoms with Crippen molar-refractivity contribution >= 4 is 23.6 Å². The SMILES string of the molecule is CCCNC(=O)CNC(=O)N1C[C@@H](O)CC1C(=O)[C@@H]1CCCN1C(=O)CC. The molecule has 9 heteroatoms. The van der Waals surface area contributed by atoms with Gasteiger partial charge in [0.2, 0.25) is 11.8 Å². The molecule has 2 aliphatic heterocycles. The molecule has 4 amide bonds. The number of β-amino-alcohol motifs (C(OH)–C–C–N with tert-alkyl or cyclic N) is 1. The van der Waals surface area contributed by atoms with Crippen molar-refractivity contribution in [3.63, 3.8) is 0 Å². The molecule has 0 bridgehead atoms. The van der Waals surface area contributed by atoms with Crippen LogP contribution < -0.4 is 10.6 Å². The summed E-state index contributed by atoms with van der Waals surface area (Å²) in [7, 11) is 0. The van der Waals surface area contributed by atoms with E-state index in [0.29, 0.717) is 25.9 Å². The van der Waals surface area contributed by atoms with Gasteiger partial charge in [0.1, 0.15) is 0 Å². The Morgan fingerprint density at radius 1 is 1.07 bits per heavy atom. The maximum Gasteiger partial charge on any atom is 0.318 e. The summed E-state index contributed by atoms with van der Waals surface area (Å²) in [5.41, 5.74) is 0. The molecular weight excluding hydrogens is 352 g/mol. The predicted octanol–water partition coefficient (Wildman–Crippen LogP) is -0.372. The Kier molecular flexibility index (Phi) is 7.58. The Morgan fingerprint density at radius 3 is 2.48 bits per heavy atom. The molecule has 3 atom stereocenters. The van der Waals surface area contributed by atoms with Gasteiger partial charge in [-0.2, -0.15) is 0 Å². The van der Waals surface area contributed by atoms with Gasteiger partial charge < -0.3 is 25.5 Å². The van der Waals surface area contributed by atoms with Crippen LogP contribution in [-0.4, -0.2) is 82.9 Å². The predicted molar refractivity (Wildman–Crippen MR) is 97.9 cm³/mol. The van der Waals surface area contributed by atoms with Crippen LogP contribution in [-0.2, 0) is 14.4 Å². The highest BCUT2D eigenvalue weighted by Crippen LogP contribution is 2.26. The van der Waals surface area contributed by atoms with E-state index >= 15 is 0 Å². The number of ketones is 1. The van der Waals surface area contributed by atoms with Gasteiger partial charge >= 0.3 is 6.03 Å². The van der Waals surface area contributed by atoms with E-state index in [-0.39, 0.29) is 37.1 Å². The third-order valence-corrected chi connectivity index (χ3v) is 5.04. The van der Waals surface area contributed by atoms with E-state index in [9.17, 15) is 24.3 Å². The summed E-state index contributed by atoms with van der Waals surface area (Å²) in [4.78, 5) is 52.1. The van der Waals surface area contributed by atoms with Crippen LogP contribution in [0.4, 0.5) is 4.79 Å². The van der Waals surface area contributed by atoms with Crippen LogP contribution in [0.25, 0.3) is 0 Å². The van der Waals surface area contributed by atoms with E-state index in [4.69, 9.17) is 0 Å². The number of likely N-dealkylation sites (tertiary alicyclic amines) is 2. The third kappa shape index (κ3) is 5.18. The summed E-state index contributed by atoms with van der Waals surface area (Å²) in [5, 5.41) is 15.2. The fraction of sp³-hybridized carbons (Fsp3) is 0.778. The van der Waals surface area contributed by atoms with Crippen molar-refractivity contribution in [3.8, 4) is 0 Å². The molecule has 0 spiro atoms. The first-order valence-corrected chi connectivity index (χ1v) is 9.71. The fourth-order valence-corrected chi connectivity index (χ4v) is 3.68. The van der Waals surface area contributed by atoms with Crippen LogP contribution in [0.1, 0.15) is 46.0 Å². The van der Waals surface area contributed by atoms with Crippen molar-refractivity contribution in [1.29, 1.82) is 0 Å². The van der Waals surface area contributed by atoms with Gasteiger partial charge in [-0.15, -0.1) is 0 Å². The molecule has 3 N–H and O–H groups in total. The Balaban J connectivity index is 2.00. The summed E-state index contributed by atoms with van der Waals surface area (Å²) in [5.74, 6) is -0.590. The smallest absolute Gasteiger partial charge is 0.318 e. The number of Topliss-reactive ketones (excluding diaryl/α,β-unsaturated/α-hetero) is 1. The van der Waals surface area contributed by atoms with E-state index in [2.05, 4.69) is 10.6 Å². The van der Waals surface area contributed by atoms with Crippen molar-refractivity contribution in [3.05, 3.63) is 0 Å². The molecule has 0 aromatic rings. The molecule has 0 aliphatic carbocycles. The Bertz CT molecular complexity index is 582.